The molecule has 0 unspecified atom stereocenters. The van der Waals surface area contributed by atoms with Crippen molar-refractivity contribution in [2.75, 3.05) is 11.9 Å². The molecule has 0 heterocycles. The molecule has 0 saturated carbocycles. The van der Waals surface area contributed by atoms with Gasteiger partial charge >= 0.3 is 0 Å². The van der Waals surface area contributed by atoms with E-state index in [2.05, 4.69) is 38.8 Å². The number of benzene rings is 1. The van der Waals surface area contributed by atoms with E-state index in [1.165, 1.54) is 0 Å². The minimum atomic E-state index is 0.0981. The van der Waals surface area contributed by atoms with E-state index < -0.39 is 0 Å². The number of hydrogen-bond donors (Lipinski definition) is 1. The molecule has 0 saturated heterocycles. The maximum atomic E-state index is 5.74. The zero-order chi connectivity index (χ0) is 12.3. The van der Waals surface area contributed by atoms with Gasteiger partial charge in [-0.05, 0) is 32.4 Å². The largest absolute Gasteiger partial charge is 0.389 e. The highest BCUT2D eigenvalue weighted by atomic mass is 32.1. The van der Waals surface area contributed by atoms with Gasteiger partial charge in [0.05, 0.1) is 0 Å². The van der Waals surface area contributed by atoms with Crippen molar-refractivity contribution in [2.24, 2.45) is 5.73 Å². The fourth-order valence-corrected chi connectivity index (χ4v) is 1.71. The van der Waals surface area contributed by atoms with Crippen molar-refractivity contribution < 1.29 is 0 Å². The van der Waals surface area contributed by atoms with E-state index >= 15 is 0 Å². The van der Waals surface area contributed by atoms with Crippen LogP contribution < -0.4 is 10.6 Å². The monoisotopic (exact) mass is 236 g/mol. The number of anilines is 1. The van der Waals surface area contributed by atoms with Crippen LogP contribution in [0, 0.1) is 0 Å². The van der Waals surface area contributed by atoms with E-state index in [1.54, 1.807) is 0 Å². The fourth-order valence-electron chi connectivity index (χ4n) is 1.54. The molecule has 0 aromatic heterocycles. The van der Waals surface area contributed by atoms with Crippen LogP contribution in [0.25, 0.3) is 0 Å². The Morgan fingerprint density at radius 3 is 2.44 bits per heavy atom. The van der Waals surface area contributed by atoms with Crippen LogP contribution in [0.3, 0.4) is 0 Å². The summed E-state index contributed by atoms with van der Waals surface area (Å²) in [4.78, 5) is 2.69. The highest BCUT2D eigenvalue weighted by Gasteiger charge is 2.23. The molecule has 0 aliphatic rings. The highest BCUT2D eigenvalue weighted by Crippen LogP contribution is 2.27. The molecular weight excluding hydrogens is 216 g/mol. The van der Waals surface area contributed by atoms with Gasteiger partial charge < -0.3 is 10.6 Å². The van der Waals surface area contributed by atoms with Crippen LogP contribution in [0.2, 0.25) is 0 Å². The van der Waals surface area contributed by atoms with E-state index in [9.17, 15) is 0 Å². The van der Waals surface area contributed by atoms with E-state index in [0.29, 0.717) is 4.99 Å². The molecular formula is C13H20N2S. The van der Waals surface area contributed by atoms with Crippen molar-refractivity contribution in [3.8, 4) is 0 Å². The first-order valence-electron chi connectivity index (χ1n) is 5.53. The predicted molar refractivity (Wildman–Crippen MR) is 75.1 cm³/mol. The molecule has 0 radical (unpaired) electrons. The molecule has 1 aromatic carbocycles. The molecule has 0 bridgehead atoms. The Bertz CT molecular complexity index is 385. The molecule has 16 heavy (non-hydrogen) atoms. The van der Waals surface area contributed by atoms with Gasteiger partial charge in [-0.3, -0.25) is 0 Å². The van der Waals surface area contributed by atoms with Crippen LogP contribution >= 0.6 is 12.2 Å². The van der Waals surface area contributed by atoms with Crippen LogP contribution in [0.15, 0.2) is 24.3 Å². The average Bonchev–Trinajstić information content (AvgIpc) is 2.28. The zero-order valence-corrected chi connectivity index (χ0v) is 11.3. The Morgan fingerprint density at radius 1 is 1.38 bits per heavy atom. The molecule has 1 aromatic rings. The second-order valence-electron chi connectivity index (χ2n) is 4.61. The normalized spacial score (nSPS) is 11.2. The van der Waals surface area contributed by atoms with Gasteiger partial charge in [-0.1, -0.05) is 31.3 Å². The van der Waals surface area contributed by atoms with Gasteiger partial charge in [-0.2, -0.15) is 0 Å². The summed E-state index contributed by atoms with van der Waals surface area (Å²) < 4.78 is 0. The first kappa shape index (κ1) is 13.0. The first-order chi connectivity index (χ1) is 7.40. The smallest absolute Gasteiger partial charge is 0.106 e. The number of rotatable bonds is 4. The van der Waals surface area contributed by atoms with E-state index in [4.69, 9.17) is 18.0 Å². The minimum absolute atomic E-state index is 0.0981. The SMILES string of the molecule is CCC(C)(C)N(C)c1ccccc1C(N)=S. The Morgan fingerprint density at radius 2 is 1.94 bits per heavy atom. The van der Waals surface area contributed by atoms with Gasteiger partial charge in [-0.15, -0.1) is 0 Å². The Labute approximate surface area is 103 Å². The number of thiocarbonyl (C=S) groups is 1. The van der Waals surface area contributed by atoms with Gasteiger partial charge in [-0.25, -0.2) is 0 Å². The summed E-state index contributed by atoms with van der Waals surface area (Å²) in [5.41, 5.74) is 7.88. The Kier molecular flexibility index (Phi) is 3.92. The van der Waals surface area contributed by atoms with Crippen LogP contribution in [0.4, 0.5) is 5.69 Å². The number of para-hydroxylation sites is 1. The summed E-state index contributed by atoms with van der Waals surface area (Å²) in [5, 5.41) is 0. The van der Waals surface area contributed by atoms with Crippen molar-refractivity contribution >= 4 is 22.9 Å². The predicted octanol–water partition coefficient (Wildman–Crippen LogP) is 2.95. The quantitative estimate of drug-likeness (QED) is 0.815. The molecule has 0 aliphatic carbocycles. The van der Waals surface area contributed by atoms with Crippen LogP contribution in [0.1, 0.15) is 32.8 Å². The van der Waals surface area contributed by atoms with Crippen LogP contribution in [-0.4, -0.2) is 17.6 Å². The summed E-state index contributed by atoms with van der Waals surface area (Å²) >= 11 is 5.08. The van der Waals surface area contributed by atoms with Gasteiger partial charge in [0.15, 0.2) is 0 Å². The molecule has 0 fully saturated rings. The molecule has 1 rings (SSSR count). The summed E-state index contributed by atoms with van der Waals surface area (Å²) in [5.74, 6) is 0. The van der Waals surface area contributed by atoms with Gasteiger partial charge in [0.1, 0.15) is 4.99 Å². The highest BCUT2D eigenvalue weighted by molar-refractivity contribution is 7.80. The summed E-state index contributed by atoms with van der Waals surface area (Å²) in [6.07, 6.45) is 1.06. The van der Waals surface area contributed by atoms with Crippen molar-refractivity contribution in [2.45, 2.75) is 32.7 Å². The van der Waals surface area contributed by atoms with Crippen molar-refractivity contribution in [3.63, 3.8) is 0 Å². The molecule has 0 atom stereocenters. The Hall–Kier alpha value is -1.09. The first-order valence-corrected chi connectivity index (χ1v) is 5.93. The fraction of sp³-hybridized carbons (Fsp3) is 0.462. The number of nitrogens with zero attached hydrogens (tertiary/aromatic N) is 1. The summed E-state index contributed by atoms with van der Waals surface area (Å²) in [7, 11) is 2.08. The lowest BCUT2D eigenvalue weighted by molar-refractivity contribution is 0.470. The molecule has 3 heteroatoms. The van der Waals surface area contributed by atoms with Gasteiger partial charge in [0.2, 0.25) is 0 Å². The van der Waals surface area contributed by atoms with Crippen molar-refractivity contribution in [1.82, 2.24) is 0 Å². The minimum Gasteiger partial charge on any atom is -0.389 e. The lowest BCUT2D eigenvalue weighted by Gasteiger charge is -2.37. The maximum absolute atomic E-state index is 5.74. The van der Waals surface area contributed by atoms with Crippen molar-refractivity contribution in [1.29, 1.82) is 0 Å². The topological polar surface area (TPSA) is 29.3 Å². The molecule has 0 amide bonds. The number of nitrogens with two attached hydrogens (primary N) is 1. The average molecular weight is 236 g/mol. The van der Waals surface area contributed by atoms with Crippen LogP contribution in [0.5, 0.6) is 0 Å². The molecule has 88 valence electrons. The molecule has 2 nitrogen and oxygen atoms in total. The second-order valence-corrected chi connectivity index (χ2v) is 5.05. The number of hydrogen-bond acceptors (Lipinski definition) is 2. The van der Waals surface area contributed by atoms with Gasteiger partial charge in [0.25, 0.3) is 0 Å². The van der Waals surface area contributed by atoms with Gasteiger partial charge in [0, 0.05) is 23.8 Å². The standard InChI is InChI=1S/C13H20N2S/c1-5-13(2,3)15(4)11-9-7-6-8-10(11)12(14)16/h6-9H,5H2,1-4H3,(H2,14,16). The van der Waals surface area contributed by atoms with E-state index in [-0.39, 0.29) is 5.54 Å². The van der Waals surface area contributed by atoms with E-state index in [0.717, 1.165) is 17.7 Å². The molecule has 0 aliphatic heterocycles. The lowest BCUT2D eigenvalue weighted by atomic mass is 9.98. The van der Waals surface area contributed by atoms with Crippen LogP contribution in [-0.2, 0) is 0 Å². The molecule has 0 spiro atoms. The third-order valence-corrected chi connectivity index (χ3v) is 3.52. The lowest BCUT2D eigenvalue weighted by Crippen LogP contribution is -2.41. The third-order valence-electron chi connectivity index (χ3n) is 3.30. The Balaban J connectivity index is 3.18. The summed E-state index contributed by atoms with van der Waals surface area (Å²) in [6, 6.07) is 8.01. The van der Waals surface area contributed by atoms with E-state index in [1.807, 2.05) is 18.2 Å². The zero-order valence-electron chi connectivity index (χ0n) is 10.4. The second kappa shape index (κ2) is 4.83. The molecule has 2 N–H and O–H groups in total. The summed E-state index contributed by atoms with van der Waals surface area (Å²) in [6.45, 7) is 6.60. The maximum Gasteiger partial charge on any atom is 0.106 e. The van der Waals surface area contributed by atoms with Crippen molar-refractivity contribution in [3.05, 3.63) is 29.8 Å². The third kappa shape index (κ3) is 2.53.